The molecule has 0 spiro atoms. The maximum Gasteiger partial charge on any atom is 0.226 e. The largest absolute Gasteiger partial charge is 0.352 e. The molecule has 0 saturated carbocycles. The van der Waals surface area contributed by atoms with Crippen LogP contribution in [0.2, 0.25) is 0 Å². The highest BCUT2D eigenvalue weighted by Crippen LogP contribution is 1.96. The third-order valence-corrected chi connectivity index (χ3v) is 2.14. The highest BCUT2D eigenvalue weighted by Gasteiger charge is 2.03. The molecule has 5 nitrogen and oxygen atoms in total. The number of imidazole rings is 1. The van der Waals surface area contributed by atoms with Gasteiger partial charge in [-0.3, -0.25) is 9.78 Å². The highest BCUT2D eigenvalue weighted by atomic mass is 16.1. The van der Waals surface area contributed by atoms with Gasteiger partial charge in [0.05, 0.1) is 12.7 Å². The minimum Gasteiger partial charge on any atom is -0.352 e. The Kier molecular flexibility index (Phi) is 3.28. The summed E-state index contributed by atoms with van der Waals surface area (Å²) in [4.78, 5) is 22.2. The Morgan fingerprint density at radius 3 is 2.81 bits per heavy atom. The van der Waals surface area contributed by atoms with Crippen molar-refractivity contribution >= 4 is 5.91 Å². The van der Waals surface area contributed by atoms with Gasteiger partial charge in [-0.1, -0.05) is 0 Å². The Balaban J connectivity index is 1.80. The minimum absolute atomic E-state index is 0.0268. The minimum atomic E-state index is -0.0268. The number of hydrogen-bond donors (Lipinski definition) is 2. The van der Waals surface area contributed by atoms with E-state index in [1.807, 2.05) is 12.1 Å². The maximum atomic E-state index is 11.5. The fourth-order valence-electron chi connectivity index (χ4n) is 1.32. The summed E-state index contributed by atoms with van der Waals surface area (Å²) in [6.07, 6.45) is 6.94. The molecule has 0 aliphatic heterocycles. The van der Waals surface area contributed by atoms with E-state index in [4.69, 9.17) is 0 Å². The van der Waals surface area contributed by atoms with Crippen molar-refractivity contribution in [2.45, 2.75) is 13.0 Å². The fourth-order valence-corrected chi connectivity index (χ4v) is 1.32. The highest BCUT2D eigenvalue weighted by molar-refractivity contribution is 5.77. The van der Waals surface area contributed by atoms with Gasteiger partial charge in [0.1, 0.15) is 0 Å². The number of aromatic amines is 1. The lowest BCUT2D eigenvalue weighted by molar-refractivity contribution is -0.120. The van der Waals surface area contributed by atoms with Crippen LogP contribution >= 0.6 is 0 Å². The zero-order chi connectivity index (χ0) is 11.2. The van der Waals surface area contributed by atoms with Gasteiger partial charge in [0.25, 0.3) is 0 Å². The molecule has 0 atom stereocenters. The van der Waals surface area contributed by atoms with Gasteiger partial charge in [-0.05, 0) is 17.7 Å². The summed E-state index contributed by atoms with van der Waals surface area (Å²) in [5.74, 6) is -0.0268. The summed E-state index contributed by atoms with van der Waals surface area (Å²) < 4.78 is 0. The van der Waals surface area contributed by atoms with E-state index in [2.05, 4.69) is 20.3 Å². The summed E-state index contributed by atoms with van der Waals surface area (Å²) in [6.45, 7) is 0.523. The third-order valence-electron chi connectivity index (χ3n) is 2.14. The van der Waals surface area contributed by atoms with Gasteiger partial charge in [-0.2, -0.15) is 0 Å². The Labute approximate surface area is 92.9 Å². The van der Waals surface area contributed by atoms with Crippen molar-refractivity contribution in [2.24, 2.45) is 0 Å². The number of carbonyl (C=O) groups is 1. The second-order valence-corrected chi connectivity index (χ2v) is 3.39. The van der Waals surface area contributed by atoms with Crippen molar-refractivity contribution in [3.63, 3.8) is 0 Å². The van der Waals surface area contributed by atoms with E-state index in [9.17, 15) is 4.79 Å². The monoisotopic (exact) mass is 216 g/mol. The van der Waals surface area contributed by atoms with Gasteiger partial charge in [-0.25, -0.2) is 4.98 Å². The molecule has 5 heteroatoms. The summed E-state index contributed by atoms with van der Waals surface area (Å²) in [5.41, 5.74) is 1.85. The van der Waals surface area contributed by atoms with E-state index >= 15 is 0 Å². The summed E-state index contributed by atoms with van der Waals surface area (Å²) in [6, 6.07) is 3.74. The van der Waals surface area contributed by atoms with E-state index in [1.165, 1.54) is 0 Å². The van der Waals surface area contributed by atoms with Crippen molar-refractivity contribution in [3.05, 3.63) is 48.3 Å². The Morgan fingerprint density at radius 2 is 2.12 bits per heavy atom. The van der Waals surface area contributed by atoms with Crippen molar-refractivity contribution in [1.29, 1.82) is 0 Å². The van der Waals surface area contributed by atoms with Gasteiger partial charge < -0.3 is 10.3 Å². The number of carbonyl (C=O) groups excluding carboxylic acids is 1. The number of H-pyrrole nitrogens is 1. The second-order valence-electron chi connectivity index (χ2n) is 3.39. The average Bonchev–Trinajstić information content (AvgIpc) is 2.81. The van der Waals surface area contributed by atoms with Crippen LogP contribution in [0.4, 0.5) is 0 Å². The smallest absolute Gasteiger partial charge is 0.226 e. The van der Waals surface area contributed by atoms with Crippen LogP contribution in [0, 0.1) is 0 Å². The van der Waals surface area contributed by atoms with E-state index in [1.54, 1.807) is 24.9 Å². The van der Waals surface area contributed by atoms with Crippen LogP contribution in [0.15, 0.2) is 37.1 Å². The molecule has 2 aromatic rings. The van der Waals surface area contributed by atoms with E-state index in [-0.39, 0.29) is 5.91 Å². The molecule has 0 aliphatic carbocycles. The summed E-state index contributed by atoms with van der Waals surface area (Å²) in [7, 11) is 0. The maximum absolute atomic E-state index is 11.5. The van der Waals surface area contributed by atoms with Crippen LogP contribution in [0.3, 0.4) is 0 Å². The molecular formula is C11H12N4O. The lowest BCUT2D eigenvalue weighted by Crippen LogP contribution is -2.24. The lowest BCUT2D eigenvalue weighted by Gasteiger charge is -2.03. The molecule has 16 heavy (non-hydrogen) atoms. The number of hydrogen-bond acceptors (Lipinski definition) is 3. The summed E-state index contributed by atoms with van der Waals surface area (Å²) in [5, 5.41) is 2.82. The predicted molar refractivity (Wildman–Crippen MR) is 58.4 cm³/mol. The molecule has 0 aliphatic rings. The summed E-state index contributed by atoms with van der Waals surface area (Å²) >= 11 is 0. The standard InChI is InChI=1S/C11H12N4O/c16-11(5-10-7-13-8-15-10)14-6-9-1-3-12-4-2-9/h1-4,7-8H,5-6H2,(H,13,15)(H,14,16). The van der Waals surface area contributed by atoms with Crippen LogP contribution in [0.5, 0.6) is 0 Å². The van der Waals surface area contributed by atoms with Crippen LogP contribution in [0.25, 0.3) is 0 Å². The van der Waals surface area contributed by atoms with Crippen molar-refractivity contribution in [2.75, 3.05) is 0 Å². The lowest BCUT2D eigenvalue weighted by atomic mass is 10.2. The first-order chi connectivity index (χ1) is 7.84. The Morgan fingerprint density at radius 1 is 1.31 bits per heavy atom. The fraction of sp³-hybridized carbons (Fsp3) is 0.182. The SMILES string of the molecule is O=C(Cc1cnc[nH]1)NCc1ccncc1. The molecule has 0 bridgehead atoms. The predicted octanol–water partition coefficient (Wildman–Crippen LogP) is 0.664. The Hall–Kier alpha value is -2.17. The van der Waals surface area contributed by atoms with Crippen molar-refractivity contribution in [3.8, 4) is 0 Å². The number of amides is 1. The molecular weight excluding hydrogens is 204 g/mol. The van der Waals surface area contributed by atoms with Gasteiger partial charge >= 0.3 is 0 Å². The van der Waals surface area contributed by atoms with Crippen LogP contribution in [0.1, 0.15) is 11.3 Å². The van der Waals surface area contributed by atoms with Crippen molar-refractivity contribution < 1.29 is 4.79 Å². The second kappa shape index (κ2) is 5.06. The van der Waals surface area contributed by atoms with Gasteiger partial charge in [0.2, 0.25) is 5.91 Å². The first-order valence-electron chi connectivity index (χ1n) is 4.97. The van der Waals surface area contributed by atoms with E-state index < -0.39 is 0 Å². The molecule has 1 amide bonds. The first kappa shape index (κ1) is 10.4. The molecule has 2 heterocycles. The van der Waals surface area contributed by atoms with Gasteiger partial charge in [0, 0.05) is 30.8 Å². The first-order valence-corrected chi connectivity index (χ1v) is 4.97. The quantitative estimate of drug-likeness (QED) is 0.788. The molecule has 0 aromatic carbocycles. The topological polar surface area (TPSA) is 70.7 Å². The molecule has 2 aromatic heterocycles. The van der Waals surface area contributed by atoms with Crippen LogP contribution in [-0.4, -0.2) is 20.9 Å². The Bertz CT molecular complexity index is 438. The van der Waals surface area contributed by atoms with Gasteiger partial charge in [-0.15, -0.1) is 0 Å². The van der Waals surface area contributed by atoms with E-state index in [0.29, 0.717) is 13.0 Å². The van der Waals surface area contributed by atoms with E-state index in [0.717, 1.165) is 11.3 Å². The molecule has 0 fully saturated rings. The number of pyridine rings is 1. The number of nitrogens with one attached hydrogen (secondary N) is 2. The zero-order valence-electron chi connectivity index (χ0n) is 8.68. The average molecular weight is 216 g/mol. The number of rotatable bonds is 4. The van der Waals surface area contributed by atoms with Crippen molar-refractivity contribution in [1.82, 2.24) is 20.3 Å². The molecule has 2 rings (SSSR count). The third kappa shape index (κ3) is 2.91. The molecule has 0 unspecified atom stereocenters. The zero-order valence-corrected chi connectivity index (χ0v) is 8.68. The molecule has 2 N–H and O–H groups in total. The van der Waals surface area contributed by atoms with Gasteiger partial charge in [0.15, 0.2) is 0 Å². The molecule has 0 saturated heterocycles. The number of nitrogens with zero attached hydrogens (tertiary/aromatic N) is 2. The van der Waals surface area contributed by atoms with Crippen LogP contribution in [-0.2, 0) is 17.8 Å². The number of aromatic nitrogens is 3. The molecule has 82 valence electrons. The van der Waals surface area contributed by atoms with Crippen LogP contribution < -0.4 is 5.32 Å². The molecule has 0 radical (unpaired) electrons. The normalized spacial score (nSPS) is 10.0.